The van der Waals surface area contributed by atoms with Gasteiger partial charge >= 0.3 is 0 Å². The molecule has 1 aliphatic heterocycles. The minimum absolute atomic E-state index is 0.00664. The Hall–Kier alpha value is -2.38. The first-order chi connectivity index (χ1) is 14.4. The van der Waals surface area contributed by atoms with Gasteiger partial charge in [-0.05, 0) is 42.7 Å². The molecule has 0 aliphatic carbocycles. The SMILES string of the molecule is COc1ccc([C@H](CC(=O)N2CCCCCC2)N(C)S(=O)(=O)c2ccccc2)cc1. The highest BCUT2D eigenvalue weighted by molar-refractivity contribution is 7.89. The Labute approximate surface area is 179 Å². The number of hydrogen-bond acceptors (Lipinski definition) is 4. The first-order valence-corrected chi connectivity index (χ1v) is 11.8. The van der Waals surface area contributed by atoms with Crippen molar-refractivity contribution in [3.8, 4) is 5.75 Å². The summed E-state index contributed by atoms with van der Waals surface area (Å²) in [5, 5.41) is 0. The Morgan fingerprint density at radius 2 is 1.60 bits per heavy atom. The lowest BCUT2D eigenvalue weighted by atomic mass is 10.0. The van der Waals surface area contributed by atoms with Gasteiger partial charge in [-0.25, -0.2) is 8.42 Å². The Morgan fingerprint density at radius 1 is 1.00 bits per heavy atom. The highest BCUT2D eigenvalue weighted by atomic mass is 32.2. The van der Waals surface area contributed by atoms with Crippen LogP contribution >= 0.6 is 0 Å². The molecule has 1 heterocycles. The molecule has 0 aromatic heterocycles. The maximum atomic E-state index is 13.3. The van der Waals surface area contributed by atoms with E-state index >= 15 is 0 Å². The van der Waals surface area contributed by atoms with Crippen LogP contribution in [0.25, 0.3) is 0 Å². The molecule has 1 amide bonds. The number of carbonyl (C=O) groups is 1. The number of hydrogen-bond donors (Lipinski definition) is 0. The standard InChI is InChI=1S/C23H30N2O4S/c1-24(30(27,28)21-10-6-5-7-11-21)22(19-12-14-20(29-2)15-13-19)18-23(26)25-16-8-3-4-9-17-25/h5-7,10-15,22H,3-4,8-9,16-18H2,1-2H3/t22-/m0/s1. The first kappa shape index (κ1) is 22.3. The maximum Gasteiger partial charge on any atom is 0.243 e. The number of sulfonamides is 1. The number of methoxy groups -OCH3 is 1. The molecule has 162 valence electrons. The van der Waals surface area contributed by atoms with Gasteiger partial charge in [-0.1, -0.05) is 43.2 Å². The molecule has 6 nitrogen and oxygen atoms in total. The third kappa shape index (κ3) is 5.21. The fourth-order valence-corrected chi connectivity index (χ4v) is 5.19. The molecular weight excluding hydrogens is 400 g/mol. The van der Waals surface area contributed by atoms with E-state index in [1.807, 2.05) is 17.0 Å². The molecule has 3 rings (SSSR count). The van der Waals surface area contributed by atoms with E-state index in [9.17, 15) is 13.2 Å². The minimum Gasteiger partial charge on any atom is -0.497 e. The molecule has 0 bridgehead atoms. The predicted octanol–water partition coefficient (Wildman–Crippen LogP) is 3.85. The van der Waals surface area contributed by atoms with Crippen molar-refractivity contribution < 1.29 is 17.9 Å². The normalized spacial score (nSPS) is 16.2. The van der Waals surface area contributed by atoms with E-state index in [4.69, 9.17) is 4.74 Å². The van der Waals surface area contributed by atoms with Crippen molar-refractivity contribution in [1.82, 2.24) is 9.21 Å². The van der Waals surface area contributed by atoms with Crippen molar-refractivity contribution in [2.45, 2.75) is 43.0 Å². The molecule has 1 saturated heterocycles. The molecule has 1 aliphatic rings. The number of nitrogens with zero attached hydrogens (tertiary/aromatic N) is 2. The molecule has 7 heteroatoms. The van der Waals surface area contributed by atoms with Crippen LogP contribution in [0.2, 0.25) is 0 Å². The zero-order valence-corrected chi connectivity index (χ0v) is 18.5. The first-order valence-electron chi connectivity index (χ1n) is 10.4. The maximum absolute atomic E-state index is 13.3. The smallest absolute Gasteiger partial charge is 0.243 e. The fraction of sp³-hybridized carbons (Fsp3) is 0.435. The summed E-state index contributed by atoms with van der Waals surface area (Å²) in [5.74, 6) is 0.678. The van der Waals surface area contributed by atoms with Gasteiger partial charge in [-0.2, -0.15) is 4.31 Å². The van der Waals surface area contributed by atoms with E-state index in [2.05, 4.69) is 0 Å². The van der Waals surface area contributed by atoms with Gasteiger partial charge in [-0.15, -0.1) is 0 Å². The zero-order valence-electron chi connectivity index (χ0n) is 17.7. The van der Waals surface area contributed by atoms with E-state index in [1.54, 1.807) is 56.6 Å². The average Bonchev–Trinajstić information content (AvgIpc) is 3.07. The molecule has 2 aromatic rings. The lowest BCUT2D eigenvalue weighted by molar-refractivity contribution is -0.132. The third-order valence-corrected chi connectivity index (χ3v) is 7.57. The largest absolute Gasteiger partial charge is 0.497 e. The third-order valence-electron chi connectivity index (χ3n) is 5.69. The van der Waals surface area contributed by atoms with Gasteiger partial charge in [0.2, 0.25) is 15.9 Å². The number of rotatable bonds is 7. The van der Waals surface area contributed by atoms with Crippen LogP contribution in [0.4, 0.5) is 0 Å². The van der Waals surface area contributed by atoms with Gasteiger partial charge in [0.15, 0.2) is 0 Å². The summed E-state index contributed by atoms with van der Waals surface area (Å²) in [4.78, 5) is 15.2. The molecule has 1 fully saturated rings. The lowest BCUT2D eigenvalue weighted by Gasteiger charge is -2.30. The van der Waals surface area contributed by atoms with E-state index in [0.717, 1.165) is 44.3 Å². The van der Waals surface area contributed by atoms with E-state index < -0.39 is 16.1 Å². The second-order valence-electron chi connectivity index (χ2n) is 7.62. The highest BCUT2D eigenvalue weighted by Crippen LogP contribution is 2.31. The Bertz CT molecular complexity index is 921. The second kappa shape index (κ2) is 10.1. The van der Waals surface area contributed by atoms with Crippen LogP contribution in [-0.2, 0) is 14.8 Å². The number of ether oxygens (including phenoxy) is 1. The van der Waals surface area contributed by atoms with Crippen molar-refractivity contribution in [1.29, 1.82) is 0 Å². The van der Waals surface area contributed by atoms with Gasteiger partial charge in [0.25, 0.3) is 0 Å². The molecule has 1 atom stereocenters. The monoisotopic (exact) mass is 430 g/mol. The van der Waals surface area contributed by atoms with Crippen LogP contribution < -0.4 is 4.74 Å². The van der Waals surface area contributed by atoms with Crippen molar-refractivity contribution in [2.75, 3.05) is 27.2 Å². The fourth-order valence-electron chi connectivity index (χ4n) is 3.82. The quantitative estimate of drug-likeness (QED) is 0.669. The van der Waals surface area contributed by atoms with Crippen molar-refractivity contribution in [3.05, 3.63) is 60.2 Å². The van der Waals surface area contributed by atoms with Crippen molar-refractivity contribution in [3.63, 3.8) is 0 Å². The lowest BCUT2D eigenvalue weighted by Crippen LogP contribution is -2.38. The predicted molar refractivity (Wildman–Crippen MR) is 117 cm³/mol. The van der Waals surface area contributed by atoms with Gasteiger partial charge in [-0.3, -0.25) is 4.79 Å². The van der Waals surface area contributed by atoms with Crippen molar-refractivity contribution in [2.24, 2.45) is 0 Å². The molecule has 0 saturated carbocycles. The number of likely N-dealkylation sites (tertiary alicyclic amines) is 1. The minimum atomic E-state index is -3.75. The van der Waals surface area contributed by atoms with Gasteiger partial charge in [0.05, 0.1) is 18.0 Å². The van der Waals surface area contributed by atoms with Crippen LogP contribution in [0.5, 0.6) is 5.75 Å². The van der Waals surface area contributed by atoms with Crippen molar-refractivity contribution >= 4 is 15.9 Å². The highest BCUT2D eigenvalue weighted by Gasteiger charge is 2.32. The second-order valence-corrected chi connectivity index (χ2v) is 9.62. The topological polar surface area (TPSA) is 66.9 Å². The number of carbonyl (C=O) groups excluding carboxylic acids is 1. The molecule has 0 radical (unpaired) electrons. The van der Waals surface area contributed by atoms with E-state index in [0.29, 0.717) is 5.75 Å². The Morgan fingerprint density at radius 3 is 2.17 bits per heavy atom. The van der Waals surface area contributed by atoms with Crippen LogP contribution in [0.3, 0.4) is 0 Å². The molecule has 0 spiro atoms. The Balaban J connectivity index is 1.91. The molecule has 2 aromatic carbocycles. The summed E-state index contributed by atoms with van der Waals surface area (Å²) in [6.07, 6.45) is 4.37. The zero-order chi connectivity index (χ0) is 21.6. The molecular formula is C23H30N2O4S. The van der Waals surface area contributed by atoms with E-state index in [-0.39, 0.29) is 17.2 Å². The van der Waals surface area contributed by atoms with Crippen LogP contribution in [0.1, 0.15) is 43.7 Å². The van der Waals surface area contributed by atoms with Crippen LogP contribution in [-0.4, -0.2) is 50.8 Å². The summed E-state index contributed by atoms with van der Waals surface area (Å²) < 4.78 is 33.1. The summed E-state index contributed by atoms with van der Waals surface area (Å²) in [7, 11) is -0.621. The molecule has 0 N–H and O–H groups in total. The van der Waals surface area contributed by atoms with Gasteiger partial charge < -0.3 is 9.64 Å². The van der Waals surface area contributed by atoms with E-state index in [1.165, 1.54) is 4.31 Å². The summed E-state index contributed by atoms with van der Waals surface area (Å²) in [5.41, 5.74) is 0.765. The number of amides is 1. The summed E-state index contributed by atoms with van der Waals surface area (Å²) in [6, 6.07) is 15.0. The molecule has 30 heavy (non-hydrogen) atoms. The summed E-state index contributed by atoms with van der Waals surface area (Å²) in [6.45, 7) is 1.48. The van der Waals surface area contributed by atoms with Gasteiger partial charge in [0.1, 0.15) is 5.75 Å². The summed E-state index contributed by atoms with van der Waals surface area (Å²) >= 11 is 0. The van der Waals surface area contributed by atoms with Crippen LogP contribution in [0.15, 0.2) is 59.5 Å². The Kier molecular flexibility index (Phi) is 7.50. The average molecular weight is 431 g/mol. The van der Waals surface area contributed by atoms with Crippen LogP contribution in [0, 0.1) is 0 Å². The molecule has 0 unspecified atom stereocenters. The van der Waals surface area contributed by atoms with Gasteiger partial charge in [0, 0.05) is 26.6 Å². The number of benzene rings is 2.